The summed E-state index contributed by atoms with van der Waals surface area (Å²) in [4.78, 5) is 13.9. The van der Waals surface area contributed by atoms with Crippen LogP contribution in [-0.2, 0) is 4.74 Å². The number of hydrogen-bond acceptors (Lipinski definition) is 3. The maximum atomic E-state index is 12.2. The number of nitrogens with zero attached hydrogens (tertiary/aromatic N) is 1. The molecule has 1 aliphatic rings. The standard InChI is InChI=1S/C13H25NO3/c1-12(2,3)17-11(16)14-10(9-15)7-6-8-13(14,4)5/h10,15H,6-9H2,1-5H3/t10-/m0/s1. The van der Waals surface area contributed by atoms with Crippen molar-refractivity contribution in [3.8, 4) is 0 Å². The fourth-order valence-corrected chi connectivity index (χ4v) is 2.39. The first-order valence-corrected chi connectivity index (χ1v) is 6.30. The molecule has 1 fully saturated rings. The van der Waals surface area contributed by atoms with E-state index in [1.807, 2.05) is 34.6 Å². The number of carbonyl (C=O) groups is 1. The van der Waals surface area contributed by atoms with E-state index in [0.717, 1.165) is 19.3 Å². The summed E-state index contributed by atoms with van der Waals surface area (Å²) in [5, 5.41) is 9.39. The van der Waals surface area contributed by atoms with Gasteiger partial charge in [-0.3, -0.25) is 4.90 Å². The van der Waals surface area contributed by atoms with Gasteiger partial charge in [0.15, 0.2) is 0 Å². The predicted octanol–water partition coefficient (Wildman–Crippen LogP) is 2.55. The maximum absolute atomic E-state index is 12.2. The Labute approximate surface area is 104 Å². The fourth-order valence-electron chi connectivity index (χ4n) is 2.39. The number of aliphatic hydroxyl groups is 1. The smallest absolute Gasteiger partial charge is 0.411 e. The van der Waals surface area contributed by atoms with Crippen molar-refractivity contribution >= 4 is 6.09 Å². The van der Waals surface area contributed by atoms with Crippen LogP contribution in [0.25, 0.3) is 0 Å². The molecule has 0 bridgehead atoms. The lowest BCUT2D eigenvalue weighted by Crippen LogP contribution is -2.58. The van der Waals surface area contributed by atoms with Crippen molar-refractivity contribution in [2.24, 2.45) is 0 Å². The molecule has 0 unspecified atom stereocenters. The summed E-state index contributed by atoms with van der Waals surface area (Å²) in [6, 6.07) is -0.117. The minimum atomic E-state index is -0.495. The molecule has 1 rings (SSSR count). The highest BCUT2D eigenvalue weighted by molar-refractivity contribution is 5.69. The van der Waals surface area contributed by atoms with Crippen molar-refractivity contribution in [3.05, 3.63) is 0 Å². The Balaban J connectivity index is 2.85. The van der Waals surface area contributed by atoms with Gasteiger partial charge in [-0.2, -0.15) is 0 Å². The maximum Gasteiger partial charge on any atom is 0.411 e. The van der Waals surface area contributed by atoms with Gasteiger partial charge in [0, 0.05) is 5.54 Å². The first-order valence-electron chi connectivity index (χ1n) is 6.30. The minimum Gasteiger partial charge on any atom is -0.444 e. The number of ether oxygens (including phenoxy) is 1. The van der Waals surface area contributed by atoms with E-state index in [-0.39, 0.29) is 24.3 Å². The molecular weight excluding hydrogens is 218 g/mol. The SMILES string of the molecule is CC(C)(C)OC(=O)N1[C@H](CO)CCCC1(C)C. The van der Waals surface area contributed by atoms with Gasteiger partial charge in [0.2, 0.25) is 0 Å². The highest BCUT2D eigenvalue weighted by Gasteiger charge is 2.41. The van der Waals surface area contributed by atoms with Crippen LogP contribution in [0.4, 0.5) is 4.79 Å². The molecule has 100 valence electrons. The average molecular weight is 243 g/mol. The van der Waals surface area contributed by atoms with E-state index in [4.69, 9.17) is 4.74 Å². The van der Waals surface area contributed by atoms with Crippen LogP contribution in [0, 0.1) is 0 Å². The third-order valence-corrected chi connectivity index (χ3v) is 3.14. The minimum absolute atomic E-state index is 0.00265. The zero-order valence-corrected chi connectivity index (χ0v) is 11.6. The van der Waals surface area contributed by atoms with Crippen LogP contribution in [0.15, 0.2) is 0 Å². The van der Waals surface area contributed by atoms with Gasteiger partial charge in [-0.1, -0.05) is 0 Å². The van der Waals surface area contributed by atoms with Gasteiger partial charge in [-0.15, -0.1) is 0 Å². The third-order valence-electron chi connectivity index (χ3n) is 3.14. The van der Waals surface area contributed by atoms with E-state index in [2.05, 4.69) is 0 Å². The number of piperidine rings is 1. The van der Waals surface area contributed by atoms with E-state index in [0.29, 0.717) is 0 Å². The first-order chi connectivity index (χ1) is 7.67. The van der Waals surface area contributed by atoms with Crippen LogP contribution in [0.1, 0.15) is 53.9 Å². The lowest BCUT2D eigenvalue weighted by Gasteiger charge is -2.47. The Hall–Kier alpha value is -0.770. The number of likely N-dealkylation sites (tertiary alicyclic amines) is 1. The number of rotatable bonds is 1. The molecule has 1 aliphatic heterocycles. The van der Waals surface area contributed by atoms with Crippen LogP contribution in [0.3, 0.4) is 0 Å². The Morgan fingerprint density at radius 1 is 1.47 bits per heavy atom. The Kier molecular flexibility index (Phi) is 4.07. The van der Waals surface area contributed by atoms with Gasteiger partial charge in [-0.25, -0.2) is 4.79 Å². The Morgan fingerprint density at radius 2 is 2.06 bits per heavy atom. The van der Waals surface area contributed by atoms with Crippen LogP contribution in [0.2, 0.25) is 0 Å². The van der Waals surface area contributed by atoms with Crippen molar-refractivity contribution in [1.29, 1.82) is 0 Å². The summed E-state index contributed by atoms with van der Waals surface area (Å²) in [5.74, 6) is 0. The second-order valence-electron chi connectivity index (χ2n) is 6.39. The van der Waals surface area contributed by atoms with Gasteiger partial charge < -0.3 is 9.84 Å². The van der Waals surface area contributed by atoms with Crippen molar-refractivity contribution in [3.63, 3.8) is 0 Å². The molecule has 0 spiro atoms. The lowest BCUT2D eigenvalue weighted by molar-refractivity contribution is -0.0367. The molecule has 0 aromatic rings. The topological polar surface area (TPSA) is 49.8 Å². The highest BCUT2D eigenvalue weighted by atomic mass is 16.6. The van der Waals surface area contributed by atoms with Gasteiger partial charge in [-0.05, 0) is 53.9 Å². The molecule has 0 saturated carbocycles. The van der Waals surface area contributed by atoms with Crippen LogP contribution in [-0.4, -0.2) is 39.9 Å². The van der Waals surface area contributed by atoms with E-state index >= 15 is 0 Å². The monoisotopic (exact) mass is 243 g/mol. The zero-order chi connectivity index (χ0) is 13.3. The third kappa shape index (κ3) is 3.60. The molecular formula is C13H25NO3. The molecule has 4 heteroatoms. The average Bonchev–Trinajstić information content (AvgIpc) is 2.12. The van der Waals surface area contributed by atoms with Crippen LogP contribution in [0.5, 0.6) is 0 Å². The van der Waals surface area contributed by atoms with Crippen LogP contribution >= 0.6 is 0 Å². The summed E-state index contributed by atoms with van der Waals surface area (Å²) >= 11 is 0. The lowest BCUT2D eigenvalue weighted by atomic mass is 9.87. The summed E-state index contributed by atoms with van der Waals surface area (Å²) in [5.41, 5.74) is -0.738. The quantitative estimate of drug-likeness (QED) is 0.770. The number of amides is 1. The number of aliphatic hydroxyl groups excluding tert-OH is 1. The predicted molar refractivity (Wildman–Crippen MR) is 66.9 cm³/mol. The molecule has 1 N–H and O–H groups in total. The fraction of sp³-hybridized carbons (Fsp3) is 0.923. The molecule has 4 nitrogen and oxygen atoms in total. The zero-order valence-electron chi connectivity index (χ0n) is 11.6. The number of hydrogen-bond donors (Lipinski definition) is 1. The highest BCUT2D eigenvalue weighted by Crippen LogP contribution is 2.32. The number of carbonyl (C=O) groups excluding carboxylic acids is 1. The van der Waals surface area contributed by atoms with Gasteiger partial charge in [0.05, 0.1) is 12.6 Å². The van der Waals surface area contributed by atoms with Crippen molar-refractivity contribution < 1.29 is 14.6 Å². The Morgan fingerprint density at radius 3 is 2.53 bits per heavy atom. The van der Waals surface area contributed by atoms with Gasteiger partial charge in [0.25, 0.3) is 0 Å². The molecule has 0 aromatic carbocycles. The Bertz CT molecular complexity index is 281. The largest absolute Gasteiger partial charge is 0.444 e. The van der Waals surface area contributed by atoms with Gasteiger partial charge in [0.1, 0.15) is 5.60 Å². The van der Waals surface area contributed by atoms with E-state index in [1.54, 1.807) is 4.90 Å². The molecule has 17 heavy (non-hydrogen) atoms. The van der Waals surface area contributed by atoms with Crippen molar-refractivity contribution in [2.45, 2.75) is 71.1 Å². The van der Waals surface area contributed by atoms with E-state index in [1.165, 1.54) is 0 Å². The molecule has 1 heterocycles. The van der Waals surface area contributed by atoms with Crippen molar-refractivity contribution in [1.82, 2.24) is 4.90 Å². The summed E-state index contributed by atoms with van der Waals surface area (Å²) in [6.45, 7) is 9.63. The molecule has 1 saturated heterocycles. The molecule has 1 atom stereocenters. The van der Waals surface area contributed by atoms with Crippen LogP contribution < -0.4 is 0 Å². The molecule has 0 radical (unpaired) electrons. The second kappa shape index (κ2) is 4.84. The second-order valence-corrected chi connectivity index (χ2v) is 6.39. The molecule has 0 aliphatic carbocycles. The summed E-state index contributed by atoms with van der Waals surface area (Å²) in [7, 11) is 0. The van der Waals surface area contributed by atoms with Gasteiger partial charge >= 0.3 is 6.09 Å². The van der Waals surface area contributed by atoms with E-state index in [9.17, 15) is 9.90 Å². The molecule has 1 amide bonds. The summed E-state index contributed by atoms with van der Waals surface area (Å²) < 4.78 is 5.42. The van der Waals surface area contributed by atoms with Crippen molar-refractivity contribution in [2.75, 3.05) is 6.61 Å². The normalized spacial score (nSPS) is 24.6. The van der Waals surface area contributed by atoms with E-state index < -0.39 is 5.60 Å². The molecule has 0 aromatic heterocycles. The first kappa shape index (κ1) is 14.3. The summed E-state index contributed by atoms with van der Waals surface area (Å²) in [6.07, 6.45) is 2.51.